The number of ketones is 2. The molecular formula is C59H83N7O10. The monoisotopic (exact) mass is 1050 g/mol. The maximum absolute atomic E-state index is 14.0. The molecule has 4 aliphatic rings. The van der Waals surface area contributed by atoms with Crippen molar-refractivity contribution in [2.24, 2.45) is 16.3 Å². The number of aliphatic hydroxyl groups is 1. The summed E-state index contributed by atoms with van der Waals surface area (Å²) in [6.45, 7) is 19.5. The molecule has 0 radical (unpaired) electrons. The summed E-state index contributed by atoms with van der Waals surface area (Å²) in [6.07, 6.45) is 5.86. The van der Waals surface area contributed by atoms with Crippen LogP contribution in [0.15, 0.2) is 70.4 Å². The number of hydrogen-bond donors (Lipinski definition) is 3. The van der Waals surface area contributed by atoms with Gasteiger partial charge in [0, 0.05) is 88.4 Å². The molecule has 3 aromatic rings. The molecule has 0 bridgehead atoms. The minimum absolute atomic E-state index is 0.0274. The number of fused-ring (bicyclic) bond motifs is 3. The molecule has 1 saturated heterocycles. The number of nitrogens with zero attached hydrogens (tertiary/aromatic N) is 5. The van der Waals surface area contributed by atoms with E-state index in [1.54, 1.807) is 0 Å². The molecule has 2 amide bonds. The van der Waals surface area contributed by atoms with Crippen molar-refractivity contribution in [2.75, 3.05) is 72.6 Å². The van der Waals surface area contributed by atoms with E-state index in [0.717, 1.165) is 47.7 Å². The minimum Gasteiger partial charge on any atom is -0.391 e. The molecule has 2 aromatic carbocycles. The Morgan fingerprint density at radius 3 is 2.09 bits per heavy atom. The fourth-order valence-electron chi connectivity index (χ4n) is 11.0. The van der Waals surface area contributed by atoms with E-state index in [1.165, 1.54) is 32.7 Å². The SMILES string of the molecule is CC1=C(C)C2C(c3ccc(C)cc3)NC(CC(=O)CCCOCCOCCCOCCOCCOCC(=O)N[C@H](C(=O)N3CC(O)CC3C(=O)CCc3ccc(C4=C(C)N=CC4)cc3)C(C)(C)C)c3nnc(C)n3C2C1. The smallest absolute Gasteiger partial charge is 0.246 e. The summed E-state index contributed by atoms with van der Waals surface area (Å²) in [4.78, 5) is 59.7. The van der Waals surface area contributed by atoms with Crippen LogP contribution in [-0.2, 0) is 49.3 Å². The maximum Gasteiger partial charge on any atom is 0.246 e. The van der Waals surface area contributed by atoms with Crippen molar-refractivity contribution in [1.29, 1.82) is 0 Å². The Balaban J connectivity index is 0.698. The van der Waals surface area contributed by atoms with Crippen LogP contribution in [0.25, 0.3) is 5.57 Å². The van der Waals surface area contributed by atoms with Gasteiger partial charge in [-0.15, -0.1) is 10.2 Å². The highest BCUT2D eigenvalue weighted by Crippen LogP contribution is 2.50. The number of benzene rings is 2. The topological polar surface area (TPSA) is 205 Å². The molecule has 3 N–H and O–H groups in total. The number of amides is 2. The number of Topliss-reactive ketones (excluding diaryl/α,β-unsaturated/α-hetero) is 2. The molecule has 3 aliphatic heterocycles. The quantitative estimate of drug-likeness (QED) is 0.0462. The largest absolute Gasteiger partial charge is 0.391 e. The molecule has 0 spiro atoms. The zero-order chi connectivity index (χ0) is 54.4. The minimum atomic E-state index is -0.933. The Hall–Kier alpha value is -5.27. The van der Waals surface area contributed by atoms with E-state index in [4.69, 9.17) is 23.7 Å². The Morgan fingerprint density at radius 1 is 0.803 bits per heavy atom. The first-order valence-electron chi connectivity index (χ1n) is 27.4. The number of aliphatic hydroxyl groups excluding tert-OH is 1. The number of aryl methyl sites for hydroxylation is 3. The van der Waals surface area contributed by atoms with Gasteiger partial charge in [0.1, 0.15) is 24.3 Å². The summed E-state index contributed by atoms with van der Waals surface area (Å²) in [5, 5.41) is 26.4. The van der Waals surface area contributed by atoms with Crippen LogP contribution in [0, 0.1) is 25.2 Å². The van der Waals surface area contributed by atoms with Crippen molar-refractivity contribution >= 4 is 35.2 Å². The second-order valence-corrected chi connectivity index (χ2v) is 22.1. The van der Waals surface area contributed by atoms with Gasteiger partial charge >= 0.3 is 0 Å². The van der Waals surface area contributed by atoms with Crippen LogP contribution in [0.1, 0.15) is 145 Å². The van der Waals surface area contributed by atoms with Gasteiger partial charge in [0.25, 0.3) is 0 Å². The molecule has 1 aliphatic carbocycles. The van der Waals surface area contributed by atoms with Gasteiger partial charge in [-0.25, -0.2) is 0 Å². The van der Waals surface area contributed by atoms with Crippen molar-refractivity contribution in [3.8, 4) is 0 Å². The zero-order valence-electron chi connectivity index (χ0n) is 46.2. The average molecular weight is 1050 g/mol. The Kier molecular flexibility index (Phi) is 21.4. The Labute approximate surface area is 449 Å². The summed E-state index contributed by atoms with van der Waals surface area (Å²) in [5.41, 5.74) is 8.92. The first-order valence-corrected chi connectivity index (χ1v) is 27.4. The van der Waals surface area contributed by atoms with Gasteiger partial charge < -0.3 is 43.6 Å². The summed E-state index contributed by atoms with van der Waals surface area (Å²) in [6, 6.07) is 15.2. The lowest BCUT2D eigenvalue weighted by Gasteiger charge is -2.35. The van der Waals surface area contributed by atoms with Gasteiger partial charge in [0.2, 0.25) is 11.8 Å². The van der Waals surface area contributed by atoms with Crippen molar-refractivity contribution < 1.29 is 48.0 Å². The number of aromatic nitrogens is 3. The normalized spacial score (nSPS) is 21.8. The Bertz CT molecular complexity index is 2530. The van der Waals surface area contributed by atoms with Crippen LogP contribution in [0.5, 0.6) is 0 Å². The van der Waals surface area contributed by atoms with Gasteiger partial charge in [-0.05, 0) is 88.0 Å². The maximum atomic E-state index is 14.0. The first kappa shape index (κ1) is 58.4. The second kappa shape index (κ2) is 27.9. The van der Waals surface area contributed by atoms with Crippen LogP contribution in [-0.4, -0.2) is 145 Å². The number of carbonyl (C=O) groups excluding carboxylic acids is 4. The predicted octanol–water partition coefficient (Wildman–Crippen LogP) is 7.29. The van der Waals surface area contributed by atoms with Gasteiger partial charge in [-0.2, -0.15) is 0 Å². The first-order chi connectivity index (χ1) is 36.5. The molecule has 17 nitrogen and oxygen atoms in total. The van der Waals surface area contributed by atoms with Crippen molar-refractivity contribution in [1.82, 2.24) is 30.3 Å². The molecular weight excluding hydrogens is 967 g/mol. The van der Waals surface area contributed by atoms with Gasteiger partial charge in [-0.1, -0.05) is 86.0 Å². The fourth-order valence-corrected chi connectivity index (χ4v) is 11.0. The average Bonchev–Trinajstić information content (AvgIpc) is 4.19. The lowest BCUT2D eigenvalue weighted by Crippen LogP contribution is -2.57. The number of carbonyl (C=O) groups is 4. The fraction of sp³-hybridized carbons (Fsp3) is 0.610. The molecule has 414 valence electrons. The van der Waals surface area contributed by atoms with E-state index in [9.17, 15) is 24.3 Å². The van der Waals surface area contributed by atoms with E-state index in [-0.39, 0.29) is 74.8 Å². The van der Waals surface area contributed by atoms with Gasteiger partial charge in [0.05, 0.1) is 57.8 Å². The standard InChI is InChI=1S/C59H83N7O10/c1-38-12-17-45(18-13-38)55-54-40(3)39(2)33-51(54)66-42(5)63-64-57(66)49(61-55)34-46(67)11-9-24-72-27-28-73-25-10-26-74-29-30-75-31-32-76-37-53(70)62-56(59(6,7)8)58(71)65-36-47(68)35-50(65)52(69)21-16-43-14-19-44(20-15-43)48-22-23-60-41(48)4/h12-15,17-20,23,47,49-51,54-56,61,68H,9-11,16,21-22,24-37H2,1-8H3,(H,62,70)/t47?,49?,50?,51?,54?,55?,56-/m1/s1. The van der Waals surface area contributed by atoms with E-state index >= 15 is 0 Å². The van der Waals surface area contributed by atoms with Crippen LogP contribution in [0.2, 0.25) is 0 Å². The third-order valence-electron chi connectivity index (χ3n) is 15.2. The highest BCUT2D eigenvalue weighted by Gasteiger charge is 2.46. The molecule has 7 atom stereocenters. The third-order valence-corrected chi connectivity index (χ3v) is 15.2. The predicted molar refractivity (Wildman–Crippen MR) is 291 cm³/mol. The molecule has 17 heteroatoms. The van der Waals surface area contributed by atoms with E-state index in [0.29, 0.717) is 71.9 Å². The Morgan fingerprint density at radius 2 is 1.45 bits per heavy atom. The number of ether oxygens (including phenoxy) is 5. The number of β-amino-alcohol motifs (C(OH)–C–C–N with tert-alkyl or cyclic N) is 1. The summed E-state index contributed by atoms with van der Waals surface area (Å²) >= 11 is 0. The zero-order valence-corrected chi connectivity index (χ0v) is 46.2. The van der Waals surface area contributed by atoms with Crippen molar-refractivity contribution in [3.05, 3.63) is 99.3 Å². The number of rotatable bonds is 29. The van der Waals surface area contributed by atoms with Crippen LogP contribution in [0.3, 0.4) is 0 Å². The van der Waals surface area contributed by atoms with Crippen LogP contribution in [0.4, 0.5) is 0 Å². The van der Waals surface area contributed by atoms with Crippen LogP contribution >= 0.6 is 0 Å². The number of nitrogens with one attached hydrogen (secondary N) is 2. The number of allylic oxidation sites excluding steroid dienone is 3. The lowest BCUT2D eigenvalue weighted by molar-refractivity contribution is -0.144. The molecule has 76 heavy (non-hydrogen) atoms. The molecule has 7 rings (SSSR count). The molecule has 6 unspecified atom stereocenters. The lowest BCUT2D eigenvalue weighted by atomic mass is 9.85. The van der Waals surface area contributed by atoms with Gasteiger partial charge in [0.15, 0.2) is 11.6 Å². The summed E-state index contributed by atoms with van der Waals surface area (Å²) in [7, 11) is 0. The summed E-state index contributed by atoms with van der Waals surface area (Å²) < 4.78 is 30.6. The van der Waals surface area contributed by atoms with Crippen LogP contribution < -0.4 is 10.6 Å². The second-order valence-electron chi connectivity index (χ2n) is 22.1. The molecule has 1 aromatic heterocycles. The van der Waals surface area contributed by atoms with Crippen molar-refractivity contribution in [3.63, 3.8) is 0 Å². The third kappa shape index (κ3) is 15.7. The summed E-state index contributed by atoms with van der Waals surface area (Å²) in [5.74, 6) is 1.16. The van der Waals surface area contributed by atoms with E-state index < -0.39 is 35.4 Å². The number of likely N-dealkylation sites (tertiary alicyclic amines) is 1. The highest BCUT2D eigenvalue weighted by molar-refractivity contribution is 5.94. The molecule has 1 fully saturated rings. The number of hydrogen-bond acceptors (Lipinski definition) is 14. The van der Waals surface area contributed by atoms with E-state index in [1.807, 2.05) is 53.0 Å². The van der Waals surface area contributed by atoms with E-state index in [2.05, 4.69) is 87.6 Å². The number of aliphatic imine (C=N–C) groups is 1. The molecule has 0 saturated carbocycles. The van der Waals surface area contributed by atoms with Crippen molar-refractivity contribution in [2.45, 2.75) is 149 Å². The molecule has 4 heterocycles. The van der Waals surface area contributed by atoms with Gasteiger partial charge in [-0.3, -0.25) is 29.5 Å². The highest BCUT2D eigenvalue weighted by atomic mass is 16.5.